The van der Waals surface area contributed by atoms with Crippen molar-refractivity contribution in [2.75, 3.05) is 39.2 Å². The molecule has 1 fully saturated rings. The van der Waals surface area contributed by atoms with Crippen molar-refractivity contribution in [1.29, 1.82) is 0 Å². The molecule has 0 aliphatic carbocycles. The number of aromatic nitrogens is 2. The van der Waals surface area contributed by atoms with Crippen LogP contribution in [-0.4, -0.2) is 54.2 Å². The molecule has 1 aromatic heterocycles. The average Bonchev–Trinajstić information content (AvgIpc) is 3.19. The van der Waals surface area contributed by atoms with Crippen LogP contribution in [-0.2, 0) is 17.5 Å². The summed E-state index contributed by atoms with van der Waals surface area (Å²) in [5.74, 6) is 0.146. The van der Waals surface area contributed by atoms with Gasteiger partial charge in [0.05, 0.1) is 31.8 Å². The number of alkyl halides is 3. The lowest BCUT2D eigenvalue weighted by atomic mass is 9.96. The van der Waals surface area contributed by atoms with Gasteiger partial charge in [-0.2, -0.15) is 13.2 Å². The van der Waals surface area contributed by atoms with Gasteiger partial charge in [-0.25, -0.2) is 4.98 Å². The SMILES string of the molecule is COc1ccc(NC(=O)CN2CCC(Cn3c(C(F)(F)F)nc4ccccc43)CC2)cc1OC. The average molecular weight is 476 g/mol. The summed E-state index contributed by atoms with van der Waals surface area (Å²) in [6.07, 6.45) is -3.11. The number of hydrogen-bond acceptors (Lipinski definition) is 5. The molecule has 0 unspecified atom stereocenters. The van der Waals surface area contributed by atoms with E-state index < -0.39 is 12.0 Å². The Hall–Kier alpha value is -3.27. The number of imidazole rings is 1. The zero-order valence-corrected chi connectivity index (χ0v) is 19.1. The first-order valence-electron chi connectivity index (χ1n) is 11.0. The quantitative estimate of drug-likeness (QED) is 0.547. The van der Waals surface area contributed by atoms with Gasteiger partial charge in [-0.15, -0.1) is 0 Å². The van der Waals surface area contributed by atoms with Crippen LogP contribution in [0.5, 0.6) is 11.5 Å². The fourth-order valence-electron chi connectivity index (χ4n) is 4.38. The number of ether oxygens (including phenoxy) is 2. The summed E-state index contributed by atoms with van der Waals surface area (Å²) < 4.78 is 52.4. The Kier molecular flexibility index (Phi) is 6.97. The fourth-order valence-corrected chi connectivity index (χ4v) is 4.38. The molecule has 1 N–H and O–H groups in total. The molecule has 2 aromatic carbocycles. The van der Waals surface area contributed by atoms with Gasteiger partial charge in [0.2, 0.25) is 11.7 Å². The molecule has 1 aliphatic rings. The summed E-state index contributed by atoms with van der Waals surface area (Å²) in [5, 5.41) is 2.85. The zero-order valence-electron chi connectivity index (χ0n) is 19.1. The molecule has 4 rings (SSSR count). The molecular formula is C24H27F3N4O3. The number of para-hydroxylation sites is 2. The molecule has 182 valence electrons. The molecule has 0 atom stereocenters. The maximum Gasteiger partial charge on any atom is 0.449 e. The van der Waals surface area contributed by atoms with Gasteiger partial charge in [0.15, 0.2) is 11.5 Å². The molecule has 0 spiro atoms. The summed E-state index contributed by atoms with van der Waals surface area (Å²) in [6, 6.07) is 11.8. The third-order valence-electron chi connectivity index (χ3n) is 6.09. The van der Waals surface area contributed by atoms with Crippen LogP contribution in [0.2, 0.25) is 0 Å². The van der Waals surface area contributed by atoms with Gasteiger partial charge in [-0.3, -0.25) is 9.69 Å². The molecule has 34 heavy (non-hydrogen) atoms. The number of hydrogen-bond donors (Lipinski definition) is 1. The molecular weight excluding hydrogens is 449 g/mol. The lowest BCUT2D eigenvalue weighted by Gasteiger charge is -2.32. The maximum absolute atomic E-state index is 13.6. The van der Waals surface area contributed by atoms with Crippen LogP contribution in [0.3, 0.4) is 0 Å². The van der Waals surface area contributed by atoms with Crippen LogP contribution in [0.25, 0.3) is 11.0 Å². The van der Waals surface area contributed by atoms with Crippen molar-refractivity contribution in [3.8, 4) is 11.5 Å². The van der Waals surface area contributed by atoms with Gasteiger partial charge in [0, 0.05) is 18.3 Å². The van der Waals surface area contributed by atoms with E-state index in [1.165, 1.54) is 11.7 Å². The fraction of sp³-hybridized carbons (Fsp3) is 0.417. The number of carbonyl (C=O) groups excluding carboxylic acids is 1. The van der Waals surface area contributed by atoms with Crippen molar-refractivity contribution in [3.05, 3.63) is 48.3 Å². The Labute approximate surface area is 195 Å². The Morgan fingerprint density at radius 1 is 1.09 bits per heavy atom. The van der Waals surface area contributed by atoms with Crippen LogP contribution >= 0.6 is 0 Å². The van der Waals surface area contributed by atoms with E-state index in [1.807, 2.05) is 4.90 Å². The van der Waals surface area contributed by atoms with Gasteiger partial charge in [-0.05, 0) is 56.1 Å². The molecule has 3 aromatic rings. The highest BCUT2D eigenvalue weighted by atomic mass is 19.4. The number of carbonyl (C=O) groups is 1. The summed E-state index contributed by atoms with van der Waals surface area (Å²) in [5.41, 5.74) is 1.44. The molecule has 7 nitrogen and oxygen atoms in total. The van der Waals surface area contributed by atoms with E-state index in [2.05, 4.69) is 10.3 Å². The normalized spacial score (nSPS) is 15.4. The van der Waals surface area contributed by atoms with Crippen LogP contribution in [0, 0.1) is 5.92 Å². The molecule has 0 radical (unpaired) electrons. The first-order valence-corrected chi connectivity index (χ1v) is 11.0. The van der Waals surface area contributed by atoms with Crippen molar-refractivity contribution in [1.82, 2.24) is 14.5 Å². The third kappa shape index (κ3) is 5.27. The summed E-state index contributed by atoms with van der Waals surface area (Å²) >= 11 is 0. The predicted molar refractivity (Wildman–Crippen MR) is 122 cm³/mol. The number of methoxy groups -OCH3 is 2. The van der Waals surface area contributed by atoms with Crippen molar-refractivity contribution < 1.29 is 27.4 Å². The van der Waals surface area contributed by atoms with Gasteiger partial charge >= 0.3 is 6.18 Å². The molecule has 2 heterocycles. The monoisotopic (exact) mass is 476 g/mol. The van der Waals surface area contributed by atoms with E-state index in [4.69, 9.17) is 9.47 Å². The third-order valence-corrected chi connectivity index (χ3v) is 6.09. The summed E-state index contributed by atoms with van der Waals surface area (Å²) in [6.45, 7) is 1.74. The van der Waals surface area contributed by atoms with E-state index >= 15 is 0 Å². The summed E-state index contributed by atoms with van der Waals surface area (Å²) in [7, 11) is 3.07. The smallest absolute Gasteiger partial charge is 0.449 e. The number of halogens is 3. The number of nitrogens with zero attached hydrogens (tertiary/aromatic N) is 3. The Bertz CT molecular complexity index is 1150. The molecule has 1 aliphatic heterocycles. The first kappa shape index (κ1) is 23.9. The van der Waals surface area contributed by atoms with Crippen LogP contribution < -0.4 is 14.8 Å². The number of anilines is 1. The molecule has 1 amide bonds. The minimum absolute atomic E-state index is 0.0730. The van der Waals surface area contributed by atoms with E-state index in [0.717, 1.165) is 0 Å². The number of amides is 1. The van der Waals surface area contributed by atoms with E-state index in [9.17, 15) is 18.0 Å². The number of likely N-dealkylation sites (tertiary alicyclic amines) is 1. The maximum atomic E-state index is 13.6. The topological polar surface area (TPSA) is 68.6 Å². The summed E-state index contributed by atoms with van der Waals surface area (Å²) in [4.78, 5) is 18.4. The Morgan fingerprint density at radius 3 is 2.47 bits per heavy atom. The van der Waals surface area contributed by atoms with Crippen molar-refractivity contribution >= 4 is 22.6 Å². The number of piperidine rings is 1. The molecule has 0 saturated carbocycles. The van der Waals surface area contributed by atoms with Gasteiger partial charge < -0.3 is 19.4 Å². The van der Waals surface area contributed by atoms with Crippen LogP contribution in [0.15, 0.2) is 42.5 Å². The standard InChI is InChI=1S/C24H27F3N4O3/c1-33-20-8-7-17(13-21(20)34-2)28-22(32)15-30-11-9-16(10-12-30)14-31-19-6-4-3-5-18(19)29-23(31)24(25,26)27/h3-8,13,16H,9-12,14-15H2,1-2H3,(H,28,32). The predicted octanol–water partition coefficient (Wildman–Crippen LogP) is 4.42. The number of rotatable bonds is 7. The van der Waals surface area contributed by atoms with Crippen molar-refractivity contribution in [2.24, 2.45) is 5.92 Å². The van der Waals surface area contributed by atoms with Gasteiger partial charge in [-0.1, -0.05) is 12.1 Å². The molecule has 0 bridgehead atoms. The highest BCUT2D eigenvalue weighted by Crippen LogP contribution is 2.33. The van der Waals surface area contributed by atoms with Crippen molar-refractivity contribution in [3.63, 3.8) is 0 Å². The number of fused-ring (bicyclic) bond motifs is 1. The number of nitrogens with one attached hydrogen (secondary N) is 1. The van der Waals surface area contributed by atoms with Crippen LogP contribution in [0.1, 0.15) is 18.7 Å². The highest BCUT2D eigenvalue weighted by Gasteiger charge is 2.38. The minimum Gasteiger partial charge on any atom is -0.493 e. The molecule has 10 heteroatoms. The minimum atomic E-state index is -4.51. The molecule has 1 saturated heterocycles. The van der Waals surface area contributed by atoms with E-state index in [1.54, 1.807) is 49.6 Å². The highest BCUT2D eigenvalue weighted by molar-refractivity contribution is 5.92. The van der Waals surface area contributed by atoms with Crippen molar-refractivity contribution in [2.45, 2.75) is 25.6 Å². The second-order valence-electron chi connectivity index (χ2n) is 8.37. The van der Waals surface area contributed by atoms with E-state index in [0.29, 0.717) is 54.2 Å². The Balaban J connectivity index is 1.34. The lowest BCUT2D eigenvalue weighted by Crippen LogP contribution is -2.40. The van der Waals surface area contributed by atoms with Gasteiger partial charge in [0.1, 0.15) is 0 Å². The number of benzene rings is 2. The first-order chi connectivity index (χ1) is 16.3. The second-order valence-corrected chi connectivity index (χ2v) is 8.37. The second kappa shape index (κ2) is 9.92. The Morgan fingerprint density at radius 2 is 1.79 bits per heavy atom. The van der Waals surface area contributed by atoms with E-state index in [-0.39, 0.29) is 24.9 Å². The van der Waals surface area contributed by atoms with Crippen LogP contribution in [0.4, 0.5) is 18.9 Å². The lowest BCUT2D eigenvalue weighted by molar-refractivity contribution is -0.147. The zero-order chi connectivity index (χ0) is 24.3. The largest absolute Gasteiger partial charge is 0.493 e. The van der Waals surface area contributed by atoms with Gasteiger partial charge in [0.25, 0.3) is 0 Å².